The molecule has 1 heterocycles. The summed E-state index contributed by atoms with van der Waals surface area (Å²) in [5, 5.41) is 16.7. The Balaban J connectivity index is 1.92. The summed E-state index contributed by atoms with van der Waals surface area (Å²) in [5.41, 5.74) is 0.0192. The average molecular weight is 394 g/mol. The van der Waals surface area contributed by atoms with Crippen molar-refractivity contribution in [3.8, 4) is 0 Å². The monoisotopic (exact) mass is 393 g/mol. The van der Waals surface area contributed by atoms with Crippen LogP contribution in [0.1, 0.15) is 18.4 Å². The summed E-state index contributed by atoms with van der Waals surface area (Å²) in [6, 6.07) is 10.4. The summed E-state index contributed by atoms with van der Waals surface area (Å²) < 4.78 is 7.23. The highest BCUT2D eigenvalue weighted by atomic mass is 79.9. The zero-order valence-corrected chi connectivity index (χ0v) is 15.5. The fraction of sp³-hybridized carbons (Fsp3) is 0.556. The first kappa shape index (κ1) is 17.6. The Labute approximate surface area is 151 Å². The van der Waals surface area contributed by atoms with Gasteiger partial charge in [-0.1, -0.05) is 46.3 Å². The first-order valence-corrected chi connectivity index (χ1v) is 9.39. The van der Waals surface area contributed by atoms with Crippen LogP contribution < -0.4 is 0 Å². The molecule has 3 unspecified atom stereocenters. The second kappa shape index (κ2) is 7.33. The Kier molecular flexibility index (Phi) is 5.37. The smallest absolute Gasteiger partial charge is 0.137 e. The molecule has 3 atom stereocenters. The van der Waals surface area contributed by atoms with Gasteiger partial charge in [-0.15, -0.1) is 0 Å². The predicted molar refractivity (Wildman–Crippen MR) is 95.9 cm³/mol. The molecule has 1 aromatic carbocycles. The largest absolute Gasteiger partial charge is 0.387 e. The molecule has 6 heteroatoms. The van der Waals surface area contributed by atoms with Crippen LogP contribution in [0, 0.1) is 11.3 Å². The molecular formula is C18H24BrN3O2. The van der Waals surface area contributed by atoms with Crippen molar-refractivity contribution in [2.75, 3.05) is 19.0 Å². The molecule has 1 saturated carbocycles. The molecule has 0 radical (unpaired) electrons. The molecule has 0 aliphatic heterocycles. The van der Waals surface area contributed by atoms with E-state index < -0.39 is 5.60 Å². The summed E-state index contributed by atoms with van der Waals surface area (Å²) in [6.45, 7) is 0.953. The molecule has 2 aromatic rings. The molecule has 1 aromatic heterocycles. The molecule has 0 saturated heterocycles. The van der Waals surface area contributed by atoms with Gasteiger partial charge >= 0.3 is 0 Å². The van der Waals surface area contributed by atoms with Crippen molar-refractivity contribution in [1.82, 2.24) is 14.8 Å². The molecule has 1 aliphatic rings. The zero-order chi connectivity index (χ0) is 17.0. The van der Waals surface area contributed by atoms with Gasteiger partial charge in [0.25, 0.3) is 0 Å². The highest BCUT2D eigenvalue weighted by molar-refractivity contribution is 9.09. The minimum Gasteiger partial charge on any atom is -0.387 e. The van der Waals surface area contributed by atoms with Crippen molar-refractivity contribution >= 4 is 15.9 Å². The molecule has 0 bridgehead atoms. The van der Waals surface area contributed by atoms with E-state index >= 15 is 0 Å². The first-order valence-electron chi connectivity index (χ1n) is 8.27. The van der Waals surface area contributed by atoms with E-state index in [0.717, 1.165) is 19.3 Å². The normalized spacial score (nSPS) is 29.9. The Morgan fingerprint density at radius 3 is 2.79 bits per heavy atom. The van der Waals surface area contributed by atoms with E-state index in [0.29, 0.717) is 18.5 Å². The van der Waals surface area contributed by atoms with Crippen LogP contribution in [0.3, 0.4) is 0 Å². The number of halogens is 1. The predicted octanol–water partition coefficient (Wildman–Crippen LogP) is 2.69. The molecular weight excluding hydrogens is 370 g/mol. The van der Waals surface area contributed by atoms with Crippen LogP contribution in [0.15, 0.2) is 43.0 Å². The number of methoxy groups -OCH3 is 1. The number of aromatic nitrogens is 3. The van der Waals surface area contributed by atoms with Crippen LogP contribution in [0.4, 0.5) is 0 Å². The molecule has 3 rings (SSSR count). The molecule has 0 spiro atoms. The standard InChI is InChI=1S/C18H24BrN3O2/c1-24-12-17(10-19)8-7-16(9-15-5-3-2-4-6-15)18(17,23)11-22-14-20-13-21-22/h2-6,13-14,16,23H,7-12H2,1H3. The number of hydrogen-bond donors (Lipinski definition) is 1. The molecule has 1 N–H and O–H groups in total. The number of alkyl halides is 1. The SMILES string of the molecule is COCC1(CBr)CCC(Cc2ccccc2)C1(O)Cn1cncn1. The van der Waals surface area contributed by atoms with Crippen molar-refractivity contribution in [2.45, 2.75) is 31.4 Å². The summed E-state index contributed by atoms with van der Waals surface area (Å²) in [7, 11) is 1.70. The van der Waals surface area contributed by atoms with E-state index in [1.165, 1.54) is 11.9 Å². The van der Waals surface area contributed by atoms with Crippen molar-refractivity contribution in [2.24, 2.45) is 11.3 Å². The van der Waals surface area contributed by atoms with Gasteiger partial charge in [-0.25, -0.2) is 4.98 Å². The molecule has 24 heavy (non-hydrogen) atoms. The molecule has 130 valence electrons. The van der Waals surface area contributed by atoms with E-state index in [1.54, 1.807) is 18.1 Å². The average Bonchev–Trinajstić information content (AvgIpc) is 3.18. The Hall–Kier alpha value is -1.24. The van der Waals surface area contributed by atoms with E-state index in [-0.39, 0.29) is 11.3 Å². The quantitative estimate of drug-likeness (QED) is 0.734. The third-order valence-corrected chi connectivity index (χ3v) is 6.51. The van der Waals surface area contributed by atoms with Gasteiger partial charge in [-0.2, -0.15) is 5.10 Å². The van der Waals surface area contributed by atoms with Gasteiger partial charge in [0, 0.05) is 17.9 Å². The summed E-state index contributed by atoms with van der Waals surface area (Å²) >= 11 is 3.64. The van der Waals surface area contributed by atoms with Crippen LogP contribution in [-0.4, -0.2) is 44.5 Å². The fourth-order valence-electron chi connectivity index (χ4n) is 4.06. The van der Waals surface area contributed by atoms with Gasteiger partial charge in [0.1, 0.15) is 12.7 Å². The second-order valence-electron chi connectivity index (χ2n) is 6.79. The van der Waals surface area contributed by atoms with Gasteiger partial charge in [0.15, 0.2) is 0 Å². The third-order valence-electron chi connectivity index (χ3n) is 5.44. The number of hydrogen-bond acceptors (Lipinski definition) is 4. The minimum atomic E-state index is -0.907. The zero-order valence-electron chi connectivity index (χ0n) is 13.9. The third kappa shape index (κ3) is 3.15. The van der Waals surface area contributed by atoms with Crippen LogP contribution in [0.2, 0.25) is 0 Å². The number of rotatable bonds is 7. The Bertz CT molecular complexity index is 637. The number of benzene rings is 1. The summed E-state index contributed by atoms with van der Waals surface area (Å²) in [4.78, 5) is 4.02. The first-order chi connectivity index (χ1) is 11.6. The molecule has 0 amide bonds. The van der Waals surface area contributed by atoms with Crippen molar-refractivity contribution in [1.29, 1.82) is 0 Å². The van der Waals surface area contributed by atoms with Crippen molar-refractivity contribution in [3.05, 3.63) is 48.5 Å². The van der Waals surface area contributed by atoms with Gasteiger partial charge in [-0.05, 0) is 30.7 Å². The van der Waals surface area contributed by atoms with E-state index in [2.05, 4.69) is 38.1 Å². The highest BCUT2D eigenvalue weighted by Gasteiger charge is 2.59. The lowest BCUT2D eigenvalue weighted by Gasteiger charge is -2.44. The Morgan fingerprint density at radius 1 is 1.38 bits per heavy atom. The molecule has 1 fully saturated rings. The number of ether oxygens (including phenoxy) is 1. The summed E-state index contributed by atoms with van der Waals surface area (Å²) in [5.74, 6) is 0.150. The van der Waals surface area contributed by atoms with Gasteiger partial charge in [0.2, 0.25) is 0 Å². The van der Waals surface area contributed by atoms with Crippen LogP contribution >= 0.6 is 15.9 Å². The maximum Gasteiger partial charge on any atom is 0.137 e. The Morgan fingerprint density at radius 2 is 2.17 bits per heavy atom. The van der Waals surface area contributed by atoms with E-state index in [4.69, 9.17) is 4.74 Å². The van der Waals surface area contributed by atoms with Gasteiger partial charge < -0.3 is 9.84 Å². The minimum absolute atomic E-state index is 0.150. The van der Waals surface area contributed by atoms with Crippen LogP contribution in [0.25, 0.3) is 0 Å². The van der Waals surface area contributed by atoms with E-state index in [9.17, 15) is 5.11 Å². The second-order valence-corrected chi connectivity index (χ2v) is 7.35. The lowest BCUT2D eigenvalue weighted by Crippen LogP contribution is -2.55. The highest BCUT2D eigenvalue weighted by Crippen LogP contribution is 2.53. The summed E-state index contributed by atoms with van der Waals surface area (Å²) in [6.07, 6.45) is 5.92. The van der Waals surface area contributed by atoms with E-state index in [1.807, 2.05) is 18.2 Å². The molecule has 5 nitrogen and oxygen atoms in total. The number of nitrogens with zero attached hydrogens (tertiary/aromatic N) is 3. The number of aliphatic hydroxyl groups is 1. The van der Waals surface area contributed by atoms with Crippen LogP contribution in [0.5, 0.6) is 0 Å². The lowest BCUT2D eigenvalue weighted by atomic mass is 9.71. The van der Waals surface area contributed by atoms with Gasteiger partial charge in [0.05, 0.1) is 18.8 Å². The maximum absolute atomic E-state index is 11.8. The molecule has 1 aliphatic carbocycles. The maximum atomic E-state index is 11.8. The van der Waals surface area contributed by atoms with Gasteiger partial charge in [-0.3, -0.25) is 4.68 Å². The van der Waals surface area contributed by atoms with Crippen molar-refractivity contribution in [3.63, 3.8) is 0 Å². The topological polar surface area (TPSA) is 60.2 Å². The lowest BCUT2D eigenvalue weighted by molar-refractivity contribution is -0.119. The fourth-order valence-corrected chi connectivity index (χ4v) is 4.99. The van der Waals surface area contributed by atoms with Crippen LogP contribution in [-0.2, 0) is 17.7 Å². The van der Waals surface area contributed by atoms with Crippen molar-refractivity contribution < 1.29 is 9.84 Å².